The van der Waals surface area contributed by atoms with Crippen molar-refractivity contribution in [3.63, 3.8) is 0 Å². The Morgan fingerprint density at radius 1 is 0.632 bits per heavy atom. The van der Waals surface area contributed by atoms with Gasteiger partial charge in [-0.15, -0.1) is 0 Å². The summed E-state index contributed by atoms with van der Waals surface area (Å²) in [5, 5.41) is 48.4. The number of nitrogens with zero attached hydrogens (tertiary/aromatic N) is 4. The summed E-state index contributed by atoms with van der Waals surface area (Å²) in [6.45, 7) is 5.74. The summed E-state index contributed by atoms with van der Waals surface area (Å²) in [5.74, 6) is 0. The fourth-order valence-electron chi connectivity index (χ4n) is 0.264. The molecule has 0 radical (unpaired) electrons. The van der Waals surface area contributed by atoms with Crippen LogP contribution in [-0.2, 0) is 15.1 Å². The van der Waals surface area contributed by atoms with E-state index in [-0.39, 0.29) is 38.0 Å². The van der Waals surface area contributed by atoms with Gasteiger partial charge >= 0.3 is 34.5 Å². The molecule has 0 fully saturated rings. The molecule has 0 N–H and O–H groups in total. The molecule has 0 atom stereocenters. The van der Waals surface area contributed by atoms with Gasteiger partial charge in [0.1, 0.15) is 0 Å². The molecule has 0 spiro atoms. The molecule has 0 heterocycles. The van der Waals surface area contributed by atoms with E-state index < -0.39 is 0 Å². The Morgan fingerprint density at radius 2 is 0.737 bits per heavy atom. The van der Waals surface area contributed by atoms with Crippen molar-refractivity contribution in [2.24, 2.45) is 20.6 Å². The van der Waals surface area contributed by atoms with Crippen LogP contribution >= 0.6 is 19.4 Å². The molecule has 0 rings (SSSR count). The van der Waals surface area contributed by atoms with Crippen LogP contribution < -0.4 is 0 Å². The predicted octanol–water partition coefficient (Wildman–Crippen LogP) is 3.18. The molecule has 0 aromatic heterocycles. The Balaban J connectivity index is -0.000000224. The minimum absolute atomic E-state index is 0.139. The molecule has 0 aromatic rings. The second kappa shape index (κ2) is 17.1. The molecule has 0 saturated heterocycles. The van der Waals surface area contributed by atoms with Crippen molar-refractivity contribution >= 4 is 42.2 Å². The molecular formula is C8H12Cl2N4O4Rh-4. The summed E-state index contributed by atoms with van der Waals surface area (Å²) in [7, 11) is 9.67. The number of hydrogen-bond donors (Lipinski definition) is 0. The van der Waals surface area contributed by atoms with Gasteiger partial charge in [0.2, 0.25) is 0 Å². The molecule has 0 amide bonds. The van der Waals surface area contributed by atoms with Gasteiger partial charge in [-0.25, -0.2) is 0 Å². The molecule has 0 saturated carbocycles. The first-order valence-corrected chi connectivity index (χ1v) is 8.60. The van der Waals surface area contributed by atoms with Gasteiger partial charge in [-0.1, -0.05) is 0 Å². The fraction of sp³-hybridized carbons (Fsp3) is 0.500. The van der Waals surface area contributed by atoms with E-state index in [9.17, 15) is 20.8 Å². The molecule has 11 heteroatoms. The summed E-state index contributed by atoms with van der Waals surface area (Å²) in [6, 6.07) is 0. The molecule has 8 nitrogen and oxygen atoms in total. The number of hydrogen-bond acceptors (Lipinski definition) is 8. The van der Waals surface area contributed by atoms with Gasteiger partial charge < -0.3 is 41.5 Å². The van der Waals surface area contributed by atoms with E-state index in [2.05, 4.69) is 20.6 Å². The van der Waals surface area contributed by atoms with Crippen LogP contribution in [0.15, 0.2) is 20.6 Å². The maximum absolute atomic E-state index is 9.60. The first-order chi connectivity index (χ1) is 8.85. The van der Waals surface area contributed by atoms with Crippen LogP contribution in [0.4, 0.5) is 0 Å². The van der Waals surface area contributed by atoms with Crippen molar-refractivity contribution in [2.45, 2.75) is 27.7 Å². The topological polar surface area (TPSA) is 142 Å². The third-order valence-electron chi connectivity index (χ3n) is 1.59. The van der Waals surface area contributed by atoms with Gasteiger partial charge in [0, 0.05) is 22.8 Å². The van der Waals surface area contributed by atoms with E-state index in [1.54, 1.807) is 0 Å². The second-order valence-electron chi connectivity index (χ2n) is 2.75. The van der Waals surface area contributed by atoms with E-state index in [0.717, 1.165) is 0 Å². The zero-order valence-corrected chi connectivity index (χ0v) is 13.7. The molecular weight excluding hydrogens is 390 g/mol. The molecule has 0 aliphatic rings. The Hall–Kier alpha value is -0.917. The molecule has 19 heavy (non-hydrogen) atoms. The van der Waals surface area contributed by atoms with Gasteiger partial charge in [-0.2, -0.15) is 0 Å². The van der Waals surface area contributed by atoms with Gasteiger partial charge in [0.25, 0.3) is 0 Å². The zero-order valence-electron chi connectivity index (χ0n) is 10.5. The van der Waals surface area contributed by atoms with Crippen molar-refractivity contribution in [3.05, 3.63) is 20.8 Å². The first-order valence-electron chi connectivity index (χ1n) is 4.38. The number of halogens is 2. The van der Waals surface area contributed by atoms with E-state index in [1.165, 1.54) is 27.7 Å². The average molecular weight is 402 g/mol. The van der Waals surface area contributed by atoms with Crippen LogP contribution in [0.3, 0.4) is 0 Å². The molecule has 0 aliphatic heterocycles. The zero-order chi connectivity index (χ0) is 15.8. The van der Waals surface area contributed by atoms with Gasteiger partial charge in [0.05, 0.1) is 0 Å². The standard InChI is InChI=1S/2C4H8N2O2.2ClH.Rh/c2*1-3(5-7)4(2)6-8;;;/h2*7-8H,1-2H3;2*1H;/q;;;;+2/p-6. The fourth-order valence-corrected chi connectivity index (χ4v) is 0.264. The van der Waals surface area contributed by atoms with Crippen LogP contribution in [0.25, 0.3) is 0 Å². The van der Waals surface area contributed by atoms with Crippen molar-refractivity contribution in [1.82, 2.24) is 0 Å². The SMILES string of the molecule is CC(=N[O-])C(C)=N[O-].CC(=N[O-])C(C)=N[O-].[Cl][Rh][Cl]. The van der Waals surface area contributed by atoms with Crippen LogP contribution in [0.5, 0.6) is 0 Å². The predicted molar refractivity (Wildman–Crippen MR) is 77.6 cm³/mol. The van der Waals surface area contributed by atoms with Gasteiger partial charge in [-0.3, -0.25) is 0 Å². The third-order valence-corrected chi connectivity index (χ3v) is 1.59. The van der Waals surface area contributed by atoms with Crippen LogP contribution in [0.2, 0.25) is 0 Å². The summed E-state index contributed by atoms with van der Waals surface area (Å²) >= 11 is -0.226. The molecule has 0 unspecified atom stereocenters. The molecule has 0 aliphatic carbocycles. The van der Waals surface area contributed by atoms with E-state index in [0.29, 0.717) is 0 Å². The Kier molecular flexibility index (Phi) is 20.9. The minimum atomic E-state index is -0.226. The Labute approximate surface area is 126 Å². The van der Waals surface area contributed by atoms with Crippen LogP contribution in [0.1, 0.15) is 27.7 Å². The summed E-state index contributed by atoms with van der Waals surface area (Å²) in [5.41, 5.74) is 0.556. The maximum atomic E-state index is 9.60. The van der Waals surface area contributed by atoms with E-state index in [4.69, 9.17) is 19.4 Å². The summed E-state index contributed by atoms with van der Waals surface area (Å²) < 4.78 is 0. The van der Waals surface area contributed by atoms with Crippen LogP contribution in [-0.4, -0.2) is 22.8 Å². The van der Waals surface area contributed by atoms with E-state index >= 15 is 0 Å². The molecule has 0 aromatic carbocycles. The third kappa shape index (κ3) is 17.1. The summed E-state index contributed by atoms with van der Waals surface area (Å²) in [6.07, 6.45) is 0. The van der Waals surface area contributed by atoms with Crippen molar-refractivity contribution in [3.8, 4) is 0 Å². The van der Waals surface area contributed by atoms with E-state index in [1.807, 2.05) is 0 Å². The van der Waals surface area contributed by atoms with Gasteiger partial charge in [0.15, 0.2) is 0 Å². The monoisotopic (exact) mass is 401 g/mol. The van der Waals surface area contributed by atoms with Crippen molar-refractivity contribution in [1.29, 1.82) is 0 Å². The Morgan fingerprint density at radius 3 is 0.789 bits per heavy atom. The molecule has 115 valence electrons. The van der Waals surface area contributed by atoms with Crippen LogP contribution in [0, 0.1) is 20.8 Å². The van der Waals surface area contributed by atoms with Crippen molar-refractivity contribution in [2.75, 3.05) is 0 Å². The Bertz CT molecular complexity index is 284. The quantitative estimate of drug-likeness (QED) is 0.397. The number of rotatable bonds is 2. The molecule has 0 bridgehead atoms. The normalized spacial score (nSPS) is 13.2. The second-order valence-corrected chi connectivity index (χ2v) is 5.24. The average Bonchev–Trinajstić information content (AvgIpc) is 2.45. The first kappa shape index (κ1) is 23.2. The van der Waals surface area contributed by atoms with Crippen molar-refractivity contribution < 1.29 is 15.1 Å². The summed E-state index contributed by atoms with van der Waals surface area (Å²) in [4.78, 5) is 0. The van der Waals surface area contributed by atoms with Gasteiger partial charge in [-0.05, 0) is 27.7 Å².